The molecule has 5 rings (SSSR count). The molecule has 1 saturated carbocycles. The molecule has 1 aliphatic carbocycles. The summed E-state index contributed by atoms with van der Waals surface area (Å²) in [6.07, 6.45) is 0.846. The average Bonchev–Trinajstić information content (AvgIpc) is 2.92. The summed E-state index contributed by atoms with van der Waals surface area (Å²) in [6, 6.07) is 23.3. The Labute approximate surface area is 214 Å². The third kappa shape index (κ3) is 5.53. The lowest BCUT2D eigenvalue weighted by molar-refractivity contribution is -0.137. The fourth-order valence-electron chi connectivity index (χ4n) is 5.48. The highest BCUT2D eigenvalue weighted by Gasteiger charge is 2.32. The quantitative estimate of drug-likeness (QED) is 0.300. The van der Waals surface area contributed by atoms with Crippen LogP contribution in [0, 0.1) is 5.92 Å². The number of aromatic nitrogens is 1. The molecule has 1 N–H and O–H groups in total. The Morgan fingerprint density at radius 2 is 1.57 bits per heavy atom. The SMILES string of the molecule is CC(NC(=O)c1ccc(-c2ccccc2)cc1)C1CCC(c2ccnc3ccc(C(F)(F)F)cc23)CC1. The van der Waals surface area contributed by atoms with E-state index in [1.807, 2.05) is 67.6 Å². The van der Waals surface area contributed by atoms with Crippen molar-refractivity contribution in [2.24, 2.45) is 5.92 Å². The summed E-state index contributed by atoms with van der Waals surface area (Å²) in [5.41, 5.74) is 3.68. The standard InChI is InChI=1S/C31H29F3N2O/c1-20(36-30(37)25-13-9-23(10-14-25)22-5-3-2-4-6-22)21-7-11-24(12-8-21)27-17-18-35-29-16-15-26(19-28(27)29)31(32,33)34/h2-6,9-10,13-21,24H,7-8,11-12H2,1H3,(H,36,37). The molecule has 4 aromatic rings. The Bertz CT molecular complexity index is 1380. The lowest BCUT2D eigenvalue weighted by Crippen LogP contribution is -2.39. The molecule has 3 nitrogen and oxygen atoms in total. The summed E-state index contributed by atoms with van der Waals surface area (Å²) in [5.74, 6) is 0.412. The number of carbonyl (C=O) groups is 1. The third-order valence-electron chi connectivity index (χ3n) is 7.63. The zero-order chi connectivity index (χ0) is 26.0. The molecular formula is C31H29F3N2O. The van der Waals surface area contributed by atoms with Gasteiger partial charge in [-0.2, -0.15) is 13.2 Å². The summed E-state index contributed by atoms with van der Waals surface area (Å²) >= 11 is 0. The van der Waals surface area contributed by atoms with Crippen molar-refractivity contribution in [2.75, 3.05) is 0 Å². The van der Waals surface area contributed by atoms with Gasteiger partial charge >= 0.3 is 6.18 Å². The van der Waals surface area contributed by atoms with E-state index >= 15 is 0 Å². The van der Waals surface area contributed by atoms with Crippen LogP contribution in [0.5, 0.6) is 0 Å². The number of fused-ring (bicyclic) bond motifs is 1. The minimum atomic E-state index is -4.38. The number of hydrogen-bond donors (Lipinski definition) is 1. The van der Waals surface area contributed by atoms with Gasteiger partial charge in [-0.05, 0) is 97.5 Å². The van der Waals surface area contributed by atoms with Crippen molar-refractivity contribution in [3.63, 3.8) is 0 Å². The second-order valence-electron chi connectivity index (χ2n) is 9.95. The molecule has 0 radical (unpaired) electrons. The highest BCUT2D eigenvalue weighted by molar-refractivity contribution is 5.94. The molecule has 37 heavy (non-hydrogen) atoms. The van der Waals surface area contributed by atoms with E-state index in [4.69, 9.17) is 0 Å². The van der Waals surface area contributed by atoms with Crippen LogP contribution in [0.2, 0.25) is 0 Å². The molecule has 0 aliphatic heterocycles. The molecule has 1 aromatic heterocycles. The van der Waals surface area contributed by atoms with Crippen molar-refractivity contribution >= 4 is 16.8 Å². The lowest BCUT2D eigenvalue weighted by atomic mass is 9.75. The van der Waals surface area contributed by atoms with Gasteiger partial charge in [0.2, 0.25) is 0 Å². The van der Waals surface area contributed by atoms with Gasteiger partial charge in [0, 0.05) is 23.2 Å². The summed E-state index contributed by atoms with van der Waals surface area (Å²) in [5, 5.41) is 3.74. The Morgan fingerprint density at radius 1 is 0.892 bits per heavy atom. The molecule has 0 bridgehead atoms. The van der Waals surface area contributed by atoms with Gasteiger partial charge in [-0.15, -0.1) is 0 Å². The van der Waals surface area contributed by atoms with E-state index in [0.29, 0.717) is 22.4 Å². The summed E-state index contributed by atoms with van der Waals surface area (Å²) in [6.45, 7) is 2.04. The van der Waals surface area contributed by atoms with Crippen molar-refractivity contribution in [3.8, 4) is 11.1 Å². The van der Waals surface area contributed by atoms with Crippen LogP contribution >= 0.6 is 0 Å². The van der Waals surface area contributed by atoms with Crippen LogP contribution in [0.25, 0.3) is 22.0 Å². The van der Waals surface area contributed by atoms with Gasteiger partial charge in [-0.1, -0.05) is 42.5 Å². The Hall–Kier alpha value is -3.67. The fraction of sp³-hybridized carbons (Fsp3) is 0.290. The van der Waals surface area contributed by atoms with Gasteiger partial charge in [0.25, 0.3) is 5.91 Å². The van der Waals surface area contributed by atoms with Crippen LogP contribution < -0.4 is 5.32 Å². The van der Waals surface area contributed by atoms with Gasteiger partial charge in [-0.3, -0.25) is 9.78 Å². The molecule has 1 fully saturated rings. The largest absolute Gasteiger partial charge is 0.416 e. The van der Waals surface area contributed by atoms with Crippen molar-refractivity contribution < 1.29 is 18.0 Å². The summed E-state index contributed by atoms with van der Waals surface area (Å²) < 4.78 is 39.9. The van der Waals surface area contributed by atoms with E-state index in [0.717, 1.165) is 48.4 Å². The molecule has 1 amide bonds. The maximum atomic E-state index is 13.3. The second kappa shape index (κ2) is 10.4. The minimum absolute atomic E-state index is 0.00765. The first kappa shape index (κ1) is 25.0. The lowest BCUT2D eigenvalue weighted by Gasteiger charge is -2.33. The smallest absolute Gasteiger partial charge is 0.349 e. The fourth-order valence-corrected chi connectivity index (χ4v) is 5.48. The molecule has 1 heterocycles. The number of halogens is 3. The molecule has 190 valence electrons. The topological polar surface area (TPSA) is 42.0 Å². The van der Waals surface area contributed by atoms with Gasteiger partial charge in [0.15, 0.2) is 0 Å². The molecule has 1 atom stereocenters. The Balaban J connectivity index is 1.22. The van der Waals surface area contributed by atoms with Crippen LogP contribution in [0.1, 0.15) is 60.0 Å². The van der Waals surface area contributed by atoms with E-state index in [1.54, 1.807) is 6.20 Å². The third-order valence-corrected chi connectivity index (χ3v) is 7.63. The normalized spacial score (nSPS) is 18.9. The zero-order valence-electron chi connectivity index (χ0n) is 20.6. The molecule has 0 spiro atoms. The maximum absolute atomic E-state index is 13.3. The van der Waals surface area contributed by atoms with Gasteiger partial charge in [0.05, 0.1) is 11.1 Å². The highest BCUT2D eigenvalue weighted by Crippen LogP contribution is 2.40. The second-order valence-corrected chi connectivity index (χ2v) is 9.95. The van der Waals surface area contributed by atoms with Crippen LogP contribution in [0.15, 0.2) is 85.1 Å². The molecule has 1 unspecified atom stereocenters. The van der Waals surface area contributed by atoms with Crippen molar-refractivity contribution in [2.45, 2.75) is 50.7 Å². The van der Waals surface area contributed by atoms with E-state index in [-0.39, 0.29) is 17.9 Å². The van der Waals surface area contributed by atoms with Crippen LogP contribution in [0.4, 0.5) is 13.2 Å². The van der Waals surface area contributed by atoms with Crippen LogP contribution in [-0.4, -0.2) is 16.9 Å². The average molecular weight is 503 g/mol. The molecule has 6 heteroatoms. The Kier molecular flexibility index (Phi) is 7.00. The van der Waals surface area contributed by atoms with Crippen molar-refractivity contribution in [3.05, 3.63) is 102 Å². The number of hydrogen-bond acceptors (Lipinski definition) is 2. The first-order valence-electron chi connectivity index (χ1n) is 12.7. The zero-order valence-corrected chi connectivity index (χ0v) is 20.6. The Morgan fingerprint density at radius 3 is 2.24 bits per heavy atom. The molecule has 1 aliphatic rings. The number of benzene rings is 3. The van der Waals surface area contributed by atoms with Gasteiger partial charge in [0.1, 0.15) is 0 Å². The minimum Gasteiger partial charge on any atom is -0.349 e. The monoisotopic (exact) mass is 502 g/mol. The molecule has 3 aromatic carbocycles. The predicted molar refractivity (Wildman–Crippen MR) is 140 cm³/mol. The first-order valence-corrected chi connectivity index (χ1v) is 12.7. The number of rotatable bonds is 5. The van der Waals surface area contributed by atoms with Gasteiger partial charge in [-0.25, -0.2) is 0 Å². The van der Waals surface area contributed by atoms with Gasteiger partial charge < -0.3 is 5.32 Å². The highest BCUT2D eigenvalue weighted by atomic mass is 19.4. The van der Waals surface area contributed by atoms with E-state index < -0.39 is 11.7 Å². The summed E-state index contributed by atoms with van der Waals surface area (Å²) in [4.78, 5) is 17.2. The number of pyridine rings is 1. The summed E-state index contributed by atoms with van der Waals surface area (Å²) in [7, 11) is 0. The van der Waals surface area contributed by atoms with Crippen molar-refractivity contribution in [1.82, 2.24) is 10.3 Å². The first-order chi connectivity index (χ1) is 17.8. The molecular weight excluding hydrogens is 473 g/mol. The number of carbonyl (C=O) groups excluding carboxylic acids is 1. The van der Waals surface area contributed by atoms with E-state index in [1.165, 1.54) is 12.1 Å². The number of nitrogens with one attached hydrogen (secondary N) is 1. The van der Waals surface area contributed by atoms with Crippen LogP contribution in [0.3, 0.4) is 0 Å². The maximum Gasteiger partial charge on any atom is 0.416 e. The van der Waals surface area contributed by atoms with E-state index in [2.05, 4.69) is 10.3 Å². The van der Waals surface area contributed by atoms with Crippen LogP contribution in [-0.2, 0) is 6.18 Å². The molecule has 0 saturated heterocycles. The van der Waals surface area contributed by atoms with Crippen molar-refractivity contribution in [1.29, 1.82) is 0 Å². The predicted octanol–water partition coefficient (Wildman–Crippen LogP) is 8.01. The number of nitrogens with zero attached hydrogens (tertiary/aromatic N) is 1. The number of alkyl halides is 3. The van der Waals surface area contributed by atoms with E-state index in [9.17, 15) is 18.0 Å². The number of amides is 1.